The van der Waals surface area contributed by atoms with Crippen LogP contribution in [0.5, 0.6) is 0 Å². The minimum atomic E-state index is -0.600. The minimum Gasteiger partial charge on any atom is -0.466 e. The highest BCUT2D eigenvalue weighted by atomic mass is 35.5. The van der Waals surface area contributed by atoms with Gasteiger partial charge in [-0.15, -0.1) is 11.8 Å². The molecule has 3 aromatic carbocycles. The minimum absolute atomic E-state index is 0.00286. The molecule has 0 bridgehead atoms. The molecule has 0 radical (unpaired) electrons. The number of aliphatic imine (C=N–C) groups is 1. The average molecular weight is 449 g/mol. The molecule has 0 saturated carbocycles. The molecule has 156 valence electrons. The number of benzene rings is 3. The first-order chi connectivity index (χ1) is 15.2. The molecule has 3 aromatic rings. The molecule has 2 atom stereocenters. The van der Waals surface area contributed by atoms with Crippen molar-refractivity contribution in [3.05, 3.63) is 101 Å². The van der Waals surface area contributed by atoms with Crippen LogP contribution in [0, 0.1) is 0 Å². The van der Waals surface area contributed by atoms with E-state index in [1.165, 1.54) is 4.90 Å². The van der Waals surface area contributed by atoms with E-state index in [1.54, 1.807) is 11.8 Å². The molecule has 31 heavy (non-hydrogen) atoms. The van der Waals surface area contributed by atoms with Crippen LogP contribution in [0.2, 0.25) is 5.02 Å². The molecule has 2 unspecified atom stereocenters. The Morgan fingerprint density at radius 2 is 1.77 bits per heavy atom. The van der Waals surface area contributed by atoms with Crippen LogP contribution in [0.15, 0.2) is 88.8 Å². The van der Waals surface area contributed by atoms with Gasteiger partial charge in [0.15, 0.2) is 12.1 Å². The molecule has 0 N–H and O–H groups in total. The molecule has 2 aliphatic rings. The van der Waals surface area contributed by atoms with Gasteiger partial charge in [-0.05, 0) is 42.0 Å². The molecule has 6 heteroatoms. The summed E-state index contributed by atoms with van der Waals surface area (Å²) in [6.07, 6.45) is -0.455. The van der Waals surface area contributed by atoms with Crippen molar-refractivity contribution in [2.75, 3.05) is 12.3 Å². The molecule has 1 amide bonds. The second kappa shape index (κ2) is 8.77. The first-order valence-electron chi connectivity index (χ1n) is 10.2. The lowest BCUT2D eigenvalue weighted by molar-refractivity contribution is -0.133. The predicted molar refractivity (Wildman–Crippen MR) is 125 cm³/mol. The summed E-state index contributed by atoms with van der Waals surface area (Å²) in [6.45, 7) is 1.17. The zero-order chi connectivity index (χ0) is 21.2. The van der Waals surface area contributed by atoms with Crippen molar-refractivity contribution in [3.63, 3.8) is 0 Å². The van der Waals surface area contributed by atoms with E-state index >= 15 is 0 Å². The number of hydrogen-bond acceptors (Lipinski definition) is 4. The zero-order valence-electron chi connectivity index (χ0n) is 16.8. The van der Waals surface area contributed by atoms with E-state index in [4.69, 9.17) is 21.3 Å². The van der Waals surface area contributed by atoms with Crippen LogP contribution in [0.4, 0.5) is 0 Å². The third-order valence-corrected chi connectivity index (χ3v) is 6.74. The zero-order valence-corrected chi connectivity index (χ0v) is 18.4. The Kier molecular flexibility index (Phi) is 5.70. The fourth-order valence-corrected chi connectivity index (χ4v) is 5.05. The Morgan fingerprint density at radius 1 is 1.03 bits per heavy atom. The largest absolute Gasteiger partial charge is 0.466 e. The molecule has 0 spiro atoms. The summed E-state index contributed by atoms with van der Waals surface area (Å²) in [7, 11) is 0. The lowest BCUT2D eigenvalue weighted by Crippen LogP contribution is -2.38. The summed E-state index contributed by atoms with van der Waals surface area (Å²) in [5.41, 5.74) is 2.87. The SMILES string of the molecule is O=C1C2N=C(c3ccccc3)OC2c2cc(Cl)ccc2CN1CCSc1ccccc1. The van der Waals surface area contributed by atoms with Gasteiger partial charge >= 0.3 is 0 Å². The lowest BCUT2D eigenvalue weighted by Gasteiger charge is -2.22. The van der Waals surface area contributed by atoms with Crippen molar-refractivity contribution in [2.24, 2.45) is 4.99 Å². The second-order valence-corrected chi connectivity index (χ2v) is 9.15. The van der Waals surface area contributed by atoms with Gasteiger partial charge in [0.05, 0.1) is 0 Å². The number of carbonyl (C=O) groups excluding carboxylic acids is 1. The summed E-state index contributed by atoms with van der Waals surface area (Å²) < 4.78 is 6.24. The Balaban J connectivity index is 1.43. The summed E-state index contributed by atoms with van der Waals surface area (Å²) in [4.78, 5) is 21.3. The van der Waals surface area contributed by atoms with Crippen LogP contribution in [0.25, 0.3) is 0 Å². The van der Waals surface area contributed by atoms with Gasteiger partial charge < -0.3 is 9.64 Å². The number of rotatable bonds is 5. The van der Waals surface area contributed by atoms with E-state index in [0.29, 0.717) is 24.0 Å². The van der Waals surface area contributed by atoms with E-state index in [2.05, 4.69) is 12.1 Å². The second-order valence-electron chi connectivity index (χ2n) is 7.55. The number of hydrogen-bond donors (Lipinski definition) is 0. The van der Waals surface area contributed by atoms with Gasteiger partial charge in [-0.2, -0.15) is 0 Å². The number of thioether (sulfide) groups is 1. The van der Waals surface area contributed by atoms with Gasteiger partial charge in [-0.25, -0.2) is 4.99 Å². The number of nitrogens with zero attached hydrogens (tertiary/aromatic N) is 2. The fraction of sp³-hybridized carbons (Fsp3) is 0.200. The molecule has 4 nitrogen and oxygen atoms in total. The van der Waals surface area contributed by atoms with Crippen LogP contribution in [0.3, 0.4) is 0 Å². The van der Waals surface area contributed by atoms with Crippen molar-refractivity contribution in [1.29, 1.82) is 0 Å². The van der Waals surface area contributed by atoms with E-state index in [9.17, 15) is 4.79 Å². The standard InChI is InChI=1S/C25H21ClN2O2S/c26-19-12-11-18-16-28(13-14-31-20-9-5-2-6-10-20)25(29)22-23(21(18)15-19)30-24(27-22)17-7-3-1-4-8-17/h1-12,15,22-23H,13-14,16H2. The monoisotopic (exact) mass is 448 g/mol. The Labute approximate surface area is 190 Å². The van der Waals surface area contributed by atoms with Crippen LogP contribution < -0.4 is 0 Å². The maximum Gasteiger partial charge on any atom is 0.252 e. The van der Waals surface area contributed by atoms with Gasteiger partial charge in [0, 0.05) is 39.9 Å². The third kappa shape index (κ3) is 4.21. The summed E-state index contributed by atoms with van der Waals surface area (Å²) >= 11 is 8.05. The normalized spacial score (nSPS) is 19.8. The van der Waals surface area contributed by atoms with Crippen molar-refractivity contribution >= 4 is 35.2 Å². The average Bonchev–Trinajstić information content (AvgIpc) is 3.22. The molecular weight excluding hydrogens is 428 g/mol. The molecule has 0 aromatic heterocycles. The molecule has 0 saturated heterocycles. The Morgan fingerprint density at radius 3 is 2.55 bits per heavy atom. The van der Waals surface area contributed by atoms with E-state index < -0.39 is 12.1 Å². The number of amides is 1. The van der Waals surface area contributed by atoms with Crippen molar-refractivity contribution < 1.29 is 9.53 Å². The van der Waals surface area contributed by atoms with Crippen molar-refractivity contribution in [1.82, 2.24) is 4.90 Å². The quantitative estimate of drug-likeness (QED) is 0.493. The number of ether oxygens (including phenoxy) is 1. The van der Waals surface area contributed by atoms with Crippen LogP contribution >= 0.6 is 23.4 Å². The highest BCUT2D eigenvalue weighted by Gasteiger charge is 2.43. The molecular formula is C25H21ClN2O2S. The van der Waals surface area contributed by atoms with Crippen LogP contribution in [0.1, 0.15) is 22.8 Å². The predicted octanol–water partition coefficient (Wildman–Crippen LogP) is 5.36. The van der Waals surface area contributed by atoms with E-state index in [-0.39, 0.29) is 5.91 Å². The summed E-state index contributed by atoms with van der Waals surface area (Å²) in [5, 5.41) is 0.634. The van der Waals surface area contributed by atoms with Gasteiger partial charge in [0.2, 0.25) is 5.90 Å². The maximum absolute atomic E-state index is 13.5. The summed E-state index contributed by atoms with van der Waals surface area (Å²) in [6, 6.07) is 25.1. The molecule has 0 fully saturated rings. The molecule has 2 heterocycles. The van der Waals surface area contributed by atoms with Crippen molar-refractivity contribution in [2.45, 2.75) is 23.6 Å². The molecule has 2 aliphatic heterocycles. The summed E-state index contributed by atoms with van der Waals surface area (Å²) in [5.74, 6) is 1.32. The Hall–Kier alpha value is -2.76. The van der Waals surface area contributed by atoms with E-state index in [0.717, 1.165) is 22.4 Å². The van der Waals surface area contributed by atoms with Gasteiger partial charge in [0.25, 0.3) is 5.91 Å². The van der Waals surface area contributed by atoms with Crippen LogP contribution in [-0.2, 0) is 16.1 Å². The van der Waals surface area contributed by atoms with Gasteiger partial charge in [0.1, 0.15) is 0 Å². The van der Waals surface area contributed by atoms with Crippen molar-refractivity contribution in [3.8, 4) is 0 Å². The number of carbonyl (C=O) groups is 1. The highest BCUT2D eigenvalue weighted by Crippen LogP contribution is 2.38. The van der Waals surface area contributed by atoms with Gasteiger partial charge in [-0.1, -0.05) is 54.1 Å². The highest BCUT2D eigenvalue weighted by molar-refractivity contribution is 7.99. The molecule has 0 aliphatic carbocycles. The lowest BCUT2D eigenvalue weighted by atomic mass is 9.99. The fourth-order valence-electron chi connectivity index (χ4n) is 3.98. The molecule has 5 rings (SSSR count). The van der Waals surface area contributed by atoms with Crippen LogP contribution in [-0.4, -0.2) is 35.0 Å². The Bertz CT molecular complexity index is 1120. The number of fused-ring (bicyclic) bond motifs is 3. The number of halogens is 1. The smallest absolute Gasteiger partial charge is 0.252 e. The third-order valence-electron chi connectivity index (χ3n) is 5.52. The van der Waals surface area contributed by atoms with Gasteiger partial charge in [-0.3, -0.25) is 4.79 Å². The maximum atomic E-state index is 13.5. The first kappa shape index (κ1) is 20.2. The topological polar surface area (TPSA) is 41.9 Å². The first-order valence-corrected chi connectivity index (χ1v) is 11.6. The van der Waals surface area contributed by atoms with E-state index in [1.807, 2.05) is 71.6 Å².